The minimum Gasteiger partial charge on any atom is -0.478 e. The van der Waals surface area contributed by atoms with Crippen LogP contribution in [0.5, 0.6) is 0 Å². The van der Waals surface area contributed by atoms with E-state index in [4.69, 9.17) is 5.11 Å². The Morgan fingerprint density at radius 2 is 1.57 bits per heavy atom. The standard InChI is InChI=1S/C13H21N3O5/c1-4-6-14-10(17)5-7-15-13(21)16-11(18)8(2)9(3)12(19)20/h4-7H2,1-3H3,(H,14,17)(H,19,20)(H2,15,16,18,21). The molecule has 0 aliphatic carbocycles. The van der Waals surface area contributed by atoms with Crippen LogP contribution in [0.1, 0.15) is 33.6 Å². The van der Waals surface area contributed by atoms with Gasteiger partial charge in [0, 0.05) is 30.7 Å². The average molecular weight is 299 g/mol. The van der Waals surface area contributed by atoms with Gasteiger partial charge in [0.15, 0.2) is 0 Å². The monoisotopic (exact) mass is 299 g/mol. The van der Waals surface area contributed by atoms with Crippen LogP contribution in [0.2, 0.25) is 0 Å². The zero-order chi connectivity index (χ0) is 16.4. The van der Waals surface area contributed by atoms with Gasteiger partial charge in [-0.2, -0.15) is 0 Å². The van der Waals surface area contributed by atoms with Crippen molar-refractivity contribution in [3.63, 3.8) is 0 Å². The van der Waals surface area contributed by atoms with Crippen LogP contribution in [0, 0.1) is 0 Å². The molecule has 21 heavy (non-hydrogen) atoms. The third-order valence-corrected chi connectivity index (χ3v) is 2.66. The minimum absolute atomic E-state index is 0.0571. The van der Waals surface area contributed by atoms with Gasteiger partial charge in [-0.25, -0.2) is 9.59 Å². The van der Waals surface area contributed by atoms with E-state index in [1.165, 1.54) is 13.8 Å². The summed E-state index contributed by atoms with van der Waals surface area (Å²) in [5, 5.41) is 15.7. The van der Waals surface area contributed by atoms with E-state index in [9.17, 15) is 19.2 Å². The topological polar surface area (TPSA) is 125 Å². The van der Waals surface area contributed by atoms with Crippen molar-refractivity contribution in [2.45, 2.75) is 33.6 Å². The summed E-state index contributed by atoms with van der Waals surface area (Å²) < 4.78 is 0. The smallest absolute Gasteiger partial charge is 0.331 e. The Morgan fingerprint density at radius 3 is 2.10 bits per heavy atom. The lowest BCUT2D eigenvalue weighted by molar-refractivity contribution is -0.133. The number of aliphatic carboxylic acids is 1. The van der Waals surface area contributed by atoms with Crippen LogP contribution < -0.4 is 16.0 Å². The van der Waals surface area contributed by atoms with Gasteiger partial charge in [-0.1, -0.05) is 6.92 Å². The Balaban J connectivity index is 4.16. The van der Waals surface area contributed by atoms with E-state index in [2.05, 4.69) is 10.6 Å². The molecular formula is C13H21N3O5. The van der Waals surface area contributed by atoms with E-state index in [1.807, 2.05) is 12.2 Å². The van der Waals surface area contributed by atoms with Crippen LogP contribution in [0.4, 0.5) is 4.79 Å². The zero-order valence-electron chi connectivity index (χ0n) is 12.4. The average Bonchev–Trinajstić information content (AvgIpc) is 2.43. The number of carboxylic acid groups (broad SMARTS) is 1. The second-order valence-corrected chi connectivity index (χ2v) is 4.37. The molecule has 0 unspecified atom stereocenters. The molecule has 0 fully saturated rings. The molecule has 0 saturated carbocycles. The Labute approximate surface area is 123 Å². The molecule has 0 aliphatic rings. The lowest BCUT2D eigenvalue weighted by Crippen LogP contribution is -2.41. The lowest BCUT2D eigenvalue weighted by Gasteiger charge is -2.08. The predicted molar refractivity (Wildman–Crippen MR) is 75.5 cm³/mol. The first-order valence-corrected chi connectivity index (χ1v) is 6.56. The van der Waals surface area contributed by atoms with Gasteiger partial charge in [0.1, 0.15) is 0 Å². The second-order valence-electron chi connectivity index (χ2n) is 4.37. The van der Waals surface area contributed by atoms with Crippen LogP contribution in [0.3, 0.4) is 0 Å². The van der Waals surface area contributed by atoms with Gasteiger partial charge in [-0.3, -0.25) is 14.9 Å². The summed E-state index contributed by atoms with van der Waals surface area (Å²) in [5.41, 5.74) is -0.197. The predicted octanol–water partition coefficient (Wildman–Crippen LogP) is 0.150. The largest absolute Gasteiger partial charge is 0.478 e. The number of carbonyl (C=O) groups excluding carboxylic acids is 3. The molecule has 0 rings (SSSR count). The SMILES string of the molecule is CCCNC(=O)CCNC(=O)NC(=O)C(C)=C(C)C(=O)O. The summed E-state index contributed by atoms with van der Waals surface area (Å²) >= 11 is 0. The fourth-order valence-electron chi connectivity index (χ4n) is 1.21. The fraction of sp³-hybridized carbons (Fsp3) is 0.538. The normalized spacial score (nSPS) is 11.2. The van der Waals surface area contributed by atoms with Crippen molar-refractivity contribution in [2.24, 2.45) is 0 Å². The van der Waals surface area contributed by atoms with Crippen molar-refractivity contribution >= 4 is 23.8 Å². The summed E-state index contributed by atoms with van der Waals surface area (Å²) in [6.45, 7) is 5.15. The molecule has 118 valence electrons. The molecule has 0 spiro atoms. The van der Waals surface area contributed by atoms with E-state index in [1.54, 1.807) is 0 Å². The van der Waals surface area contributed by atoms with Crippen molar-refractivity contribution in [3.8, 4) is 0 Å². The maximum atomic E-state index is 11.6. The number of rotatable bonds is 7. The molecule has 0 bridgehead atoms. The molecule has 0 heterocycles. The van der Waals surface area contributed by atoms with Gasteiger partial charge in [0.25, 0.3) is 5.91 Å². The van der Waals surface area contributed by atoms with Crippen LogP contribution in [-0.4, -0.2) is 42.0 Å². The first kappa shape index (κ1) is 18.6. The molecule has 8 heteroatoms. The number of imide groups is 1. The van der Waals surface area contributed by atoms with Crippen LogP contribution in [-0.2, 0) is 14.4 Å². The molecule has 0 aliphatic heterocycles. The Hall–Kier alpha value is -2.38. The molecule has 4 amide bonds. The molecule has 0 atom stereocenters. The van der Waals surface area contributed by atoms with E-state index in [0.717, 1.165) is 6.42 Å². The van der Waals surface area contributed by atoms with Crippen molar-refractivity contribution < 1.29 is 24.3 Å². The third kappa shape index (κ3) is 7.71. The van der Waals surface area contributed by atoms with E-state index in [0.29, 0.717) is 6.54 Å². The third-order valence-electron chi connectivity index (χ3n) is 2.66. The van der Waals surface area contributed by atoms with E-state index < -0.39 is 17.9 Å². The summed E-state index contributed by atoms with van der Waals surface area (Å²) in [6, 6.07) is -0.777. The molecule has 4 N–H and O–H groups in total. The molecule has 0 saturated heterocycles. The van der Waals surface area contributed by atoms with E-state index >= 15 is 0 Å². The highest BCUT2D eigenvalue weighted by molar-refractivity contribution is 6.07. The number of amides is 4. The quantitative estimate of drug-likeness (QED) is 0.498. The van der Waals surface area contributed by atoms with Crippen LogP contribution in [0.15, 0.2) is 11.1 Å². The zero-order valence-corrected chi connectivity index (χ0v) is 12.4. The summed E-state index contributed by atoms with van der Waals surface area (Å²) in [6.07, 6.45) is 0.924. The lowest BCUT2D eigenvalue weighted by atomic mass is 10.1. The van der Waals surface area contributed by atoms with Crippen molar-refractivity contribution in [2.75, 3.05) is 13.1 Å². The summed E-state index contributed by atoms with van der Waals surface area (Å²) in [5.74, 6) is -2.21. The van der Waals surface area contributed by atoms with Gasteiger partial charge < -0.3 is 15.7 Å². The first-order valence-electron chi connectivity index (χ1n) is 6.56. The van der Waals surface area contributed by atoms with Gasteiger partial charge in [-0.05, 0) is 20.3 Å². The van der Waals surface area contributed by atoms with Crippen molar-refractivity contribution in [1.82, 2.24) is 16.0 Å². The Morgan fingerprint density at radius 1 is 0.952 bits per heavy atom. The highest BCUT2D eigenvalue weighted by atomic mass is 16.4. The number of hydrogen-bond donors (Lipinski definition) is 4. The van der Waals surface area contributed by atoms with Crippen molar-refractivity contribution in [3.05, 3.63) is 11.1 Å². The van der Waals surface area contributed by atoms with Crippen molar-refractivity contribution in [1.29, 1.82) is 0 Å². The molecule has 0 aromatic heterocycles. The van der Waals surface area contributed by atoms with Gasteiger partial charge >= 0.3 is 12.0 Å². The number of carboxylic acids is 1. The molecule has 0 aromatic rings. The number of nitrogens with one attached hydrogen (secondary N) is 3. The van der Waals surface area contributed by atoms with Gasteiger partial charge in [0.05, 0.1) is 0 Å². The summed E-state index contributed by atoms with van der Waals surface area (Å²) in [4.78, 5) is 44.9. The highest BCUT2D eigenvalue weighted by Gasteiger charge is 2.15. The Kier molecular flexibility index (Phi) is 8.43. The van der Waals surface area contributed by atoms with Crippen LogP contribution in [0.25, 0.3) is 0 Å². The van der Waals surface area contributed by atoms with E-state index in [-0.39, 0.29) is 30.0 Å². The molecule has 0 aromatic carbocycles. The number of carbonyl (C=O) groups is 4. The van der Waals surface area contributed by atoms with Crippen LogP contribution >= 0.6 is 0 Å². The van der Waals surface area contributed by atoms with Gasteiger partial charge in [0.2, 0.25) is 5.91 Å². The summed E-state index contributed by atoms with van der Waals surface area (Å²) in [7, 11) is 0. The molecule has 8 nitrogen and oxygen atoms in total. The first-order chi connectivity index (χ1) is 9.79. The number of urea groups is 1. The molecule has 0 radical (unpaired) electrons. The van der Waals surface area contributed by atoms with Gasteiger partial charge in [-0.15, -0.1) is 0 Å². The Bertz CT molecular complexity index is 457. The fourth-order valence-corrected chi connectivity index (χ4v) is 1.21. The number of hydrogen-bond acceptors (Lipinski definition) is 4. The maximum Gasteiger partial charge on any atom is 0.331 e. The highest BCUT2D eigenvalue weighted by Crippen LogP contribution is 2.03. The maximum absolute atomic E-state index is 11.6. The second kappa shape index (κ2) is 9.51. The molecular weight excluding hydrogens is 278 g/mol. The minimum atomic E-state index is -1.23.